The molecule has 2 aromatic carbocycles. The van der Waals surface area contributed by atoms with Gasteiger partial charge >= 0.3 is 6.09 Å². The van der Waals surface area contributed by atoms with Crippen LogP contribution >= 0.6 is 11.6 Å². The summed E-state index contributed by atoms with van der Waals surface area (Å²) >= 11 is 6.63. The fourth-order valence-corrected chi connectivity index (χ4v) is 4.87. The van der Waals surface area contributed by atoms with Gasteiger partial charge in [0.25, 0.3) is 0 Å². The lowest BCUT2D eigenvalue weighted by atomic mass is 10.1. The van der Waals surface area contributed by atoms with Crippen molar-refractivity contribution in [1.82, 2.24) is 20.2 Å². The van der Waals surface area contributed by atoms with Crippen LogP contribution in [0.1, 0.15) is 36.5 Å². The molecule has 9 heteroatoms. The molecule has 0 aliphatic carbocycles. The Morgan fingerprint density at radius 2 is 1.79 bits per heavy atom. The minimum Gasteiger partial charge on any atom is -0.489 e. The molecular weight excluding hydrogens is 502 g/mol. The predicted molar refractivity (Wildman–Crippen MR) is 148 cm³/mol. The van der Waals surface area contributed by atoms with Crippen molar-refractivity contribution in [2.45, 2.75) is 51.5 Å². The molecule has 3 heterocycles. The van der Waals surface area contributed by atoms with E-state index in [1.807, 2.05) is 60.9 Å². The SMILES string of the molecule is CCc1cnc(N2CCC(Oc3ccc(CN(C(=O)OCc4ccccc4)C4CNC4)cc3Cl)CC2)nc1. The summed E-state index contributed by atoms with van der Waals surface area (Å²) in [7, 11) is 0. The van der Waals surface area contributed by atoms with Crippen LogP contribution in [0.5, 0.6) is 5.75 Å². The third kappa shape index (κ3) is 6.55. The second-order valence-corrected chi connectivity index (χ2v) is 10.2. The summed E-state index contributed by atoms with van der Waals surface area (Å²) in [4.78, 5) is 25.9. The zero-order valence-electron chi connectivity index (χ0n) is 21.7. The van der Waals surface area contributed by atoms with E-state index in [0.717, 1.165) is 68.1 Å². The Kier molecular flexibility index (Phi) is 8.61. The highest BCUT2D eigenvalue weighted by Gasteiger charge is 2.30. The van der Waals surface area contributed by atoms with Crippen molar-refractivity contribution in [3.63, 3.8) is 0 Å². The molecule has 0 spiro atoms. The van der Waals surface area contributed by atoms with E-state index in [4.69, 9.17) is 21.1 Å². The number of aromatic nitrogens is 2. The first-order valence-electron chi connectivity index (χ1n) is 13.3. The minimum absolute atomic E-state index is 0.0787. The Morgan fingerprint density at radius 1 is 1.05 bits per heavy atom. The number of rotatable bonds is 9. The molecule has 5 rings (SSSR count). The third-order valence-corrected chi connectivity index (χ3v) is 7.40. The molecule has 1 N–H and O–H groups in total. The van der Waals surface area contributed by atoms with Crippen molar-refractivity contribution in [3.05, 3.63) is 82.6 Å². The Morgan fingerprint density at radius 3 is 2.42 bits per heavy atom. The number of carbonyl (C=O) groups is 1. The molecule has 38 heavy (non-hydrogen) atoms. The van der Waals surface area contributed by atoms with Crippen LogP contribution in [0, 0.1) is 0 Å². The number of hydrogen-bond donors (Lipinski definition) is 1. The van der Waals surface area contributed by atoms with Crippen LogP contribution in [0.4, 0.5) is 10.7 Å². The van der Waals surface area contributed by atoms with Crippen LogP contribution < -0.4 is 15.0 Å². The third-order valence-electron chi connectivity index (χ3n) is 7.11. The number of hydrogen-bond acceptors (Lipinski definition) is 7. The van der Waals surface area contributed by atoms with E-state index in [2.05, 4.69) is 27.1 Å². The van der Waals surface area contributed by atoms with Crippen LogP contribution in [-0.4, -0.2) is 59.3 Å². The van der Waals surface area contributed by atoms with Crippen LogP contribution in [0.15, 0.2) is 60.9 Å². The van der Waals surface area contributed by atoms with Crippen molar-refractivity contribution in [1.29, 1.82) is 0 Å². The van der Waals surface area contributed by atoms with Gasteiger partial charge in [-0.3, -0.25) is 4.90 Å². The maximum absolute atomic E-state index is 12.9. The molecule has 2 saturated heterocycles. The molecule has 2 aliphatic rings. The van der Waals surface area contributed by atoms with Gasteiger partial charge in [-0.1, -0.05) is 54.9 Å². The summed E-state index contributed by atoms with van der Waals surface area (Å²) in [5.74, 6) is 1.44. The maximum atomic E-state index is 12.9. The minimum atomic E-state index is -0.322. The molecular formula is C29H34ClN5O3. The first-order chi connectivity index (χ1) is 18.6. The molecule has 2 fully saturated rings. The summed E-state index contributed by atoms with van der Waals surface area (Å²) < 4.78 is 11.9. The average Bonchev–Trinajstić information content (AvgIpc) is 2.93. The summed E-state index contributed by atoms with van der Waals surface area (Å²) in [6.45, 7) is 5.95. The fourth-order valence-electron chi connectivity index (χ4n) is 4.62. The standard InChI is InChI=1S/C29H34ClN5O3/c1-2-21-15-32-28(33-16-21)34-12-10-25(11-13-34)38-27-9-8-23(14-26(27)30)19-35(24-17-31-18-24)29(36)37-20-22-6-4-3-5-7-22/h3-9,14-16,24-25,31H,2,10-13,17-20H2,1H3. The molecule has 0 unspecified atom stereocenters. The van der Waals surface area contributed by atoms with Gasteiger partial charge < -0.3 is 19.7 Å². The van der Waals surface area contributed by atoms with Gasteiger partial charge in [-0.05, 0) is 35.2 Å². The summed E-state index contributed by atoms with van der Waals surface area (Å²) in [5.41, 5.74) is 3.04. The summed E-state index contributed by atoms with van der Waals surface area (Å²) in [6.07, 6.45) is 6.23. The van der Waals surface area contributed by atoms with E-state index in [9.17, 15) is 4.79 Å². The lowest BCUT2D eigenvalue weighted by molar-refractivity contribution is 0.0649. The molecule has 3 aromatic rings. The number of amides is 1. The van der Waals surface area contributed by atoms with Gasteiger partial charge in [0, 0.05) is 58.0 Å². The number of halogens is 1. The van der Waals surface area contributed by atoms with Gasteiger partial charge in [0.1, 0.15) is 18.5 Å². The molecule has 0 saturated carbocycles. The van der Waals surface area contributed by atoms with E-state index in [1.165, 1.54) is 0 Å². The van der Waals surface area contributed by atoms with E-state index in [0.29, 0.717) is 17.3 Å². The van der Waals surface area contributed by atoms with E-state index in [-0.39, 0.29) is 24.8 Å². The number of carbonyl (C=O) groups excluding carboxylic acids is 1. The highest BCUT2D eigenvalue weighted by atomic mass is 35.5. The highest BCUT2D eigenvalue weighted by molar-refractivity contribution is 6.32. The Bertz CT molecular complexity index is 1200. The Hall–Kier alpha value is -3.36. The van der Waals surface area contributed by atoms with Gasteiger partial charge in [-0.15, -0.1) is 0 Å². The van der Waals surface area contributed by atoms with Crippen LogP contribution in [-0.2, 0) is 24.3 Å². The normalized spacial score (nSPS) is 16.1. The van der Waals surface area contributed by atoms with Gasteiger partial charge in [-0.25, -0.2) is 14.8 Å². The van der Waals surface area contributed by atoms with Crippen molar-refractivity contribution in [2.75, 3.05) is 31.1 Å². The first-order valence-corrected chi connectivity index (χ1v) is 13.7. The van der Waals surface area contributed by atoms with Crippen molar-refractivity contribution >= 4 is 23.6 Å². The Labute approximate surface area is 228 Å². The molecule has 0 atom stereocenters. The van der Waals surface area contributed by atoms with Crippen molar-refractivity contribution in [3.8, 4) is 5.75 Å². The first kappa shape index (κ1) is 26.3. The maximum Gasteiger partial charge on any atom is 0.410 e. The molecule has 0 radical (unpaired) electrons. The average molecular weight is 536 g/mol. The summed E-state index contributed by atoms with van der Waals surface area (Å²) in [5, 5.41) is 3.78. The molecule has 2 aliphatic heterocycles. The zero-order chi connectivity index (χ0) is 26.3. The topological polar surface area (TPSA) is 79.8 Å². The van der Waals surface area contributed by atoms with Crippen LogP contribution in [0.25, 0.3) is 0 Å². The number of nitrogens with zero attached hydrogens (tertiary/aromatic N) is 4. The van der Waals surface area contributed by atoms with Crippen LogP contribution in [0.3, 0.4) is 0 Å². The van der Waals surface area contributed by atoms with E-state index < -0.39 is 0 Å². The Balaban J connectivity index is 1.15. The number of ether oxygens (including phenoxy) is 2. The monoisotopic (exact) mass is 535 g/mol. The van der Waals surface area contributed by atoms with Crippen LogP contribution in [0.2, 0.25) is 5.02 Å². The van der Waals surface area contributed by atoms with Crippen molar-refractivity contribution < 1.29 is 14.3 Å². The predicted octanol–water partition coefficient (Wildman–Crippen LogP) is 4.85. The highest BCUT2D eigenvalue weighted by Crippen LogP contribution is 2.30. The van der Waals surface area contributed by atoms with E-state index >= 15 is 0 Å². The second-order valence-electron chi connectivity index (χ2n) is 9.79. The molecule has 1 amide bonds. The molecule has 0 bridgehead atoms. The molecule has 8 nitrogen and oxygen atoms in total. The fraction of sp³-hybridized carbons (Fsp3) is 0.414. The second kappa shape index (κ2) is 12.5. The largest absolute Gasteiger partial charge is 0.489 e. The van der Waals surface area contributed by atoms with Gasteiger partial charge in [-0.2, -0.15) is 0 Å². The lowest BCUT2D eigenvalue weighted by Gasteiger charge is -2.37. The summed E-state index contributed by atoms with van der Waals surface area (Å²) in [6, 6.07) is 15.6. The zero-order valence-corrected chi connectivity index (χ0v) is 22.4. The number of anilines is 1. The van der Waals surface area contributed by atoms with Gasteiger partial charge in [0.15, 0.2) is 0 Å². The number of benzene rings is 2. The lowest BCUT2D eigenvalue weighted by Crippen LogP contribution is -2.58. The number of piperidine rings is 1. The van der Waals surface area contributed by atoms with Gasteiger partial charge in [0.2, 0.25) is 5.95 Å². The molecule has 1 aromatic heterocycles. The van der Waals surface area contributed by atoms with Gasteiger partial charge in [0.05, 0.1) is 11.1 Å². The quantitative estimate of drug-likeness (QED) is 0.419. The number of nitrogens with one attached hydrogen (secondary N) is 1. The van der Waals surface area contributed by atoms with E-state index in [1.54, 1.807) is 4.90 Å². The smallest absolute Gasteiger partial charge is 0.410 e. The number of aryl methyl sites for hydroxylation is 1. The van der Waals surface area contributed by atoms with Crippen molar-refractivity contribution in [2.24, 2.45) is 0 Å². The molecule has 200 valence electrons.